The first kappa shape index (κ1) is 15.5. The van der Waals surface area contributed by atoms with Crippen LogP contribution in [0.1, 0.15) is 21.5 Å². The summed E-state index contributed by atoms with van der Waals surface area (Å²) >= 11 is 0. The van der Waals surface area contributed by atoms with Gasteiger partial charge < -0.3 is 4.74 Å². The van der Waals surface area contributed by atoms with Crippen LogP contribution in [0.2, 0.25) is 0 Å². The van der Waals surface area contributed by atoms with Gasteiger partial charge in [0.05, 0.1) is 18.7 Å². The van der Waals surface area contributed by atoms with Crippen molar-refractivity contribution in [1.29, 1.82) is 5.26 Å². The van der Waals surface area contributed by atoms with Gasteiger partial charge in [0.15, 0.2) is 5.78 Å². The highest BCUT2D eigenvalue weighted by molar-refractivity contribution is 6.15. The zero-order valence-corrected chi connectivity index (χ0v) is 13.2. The van der Waals surface area contributed by atoms with Gasteiger partial charge in [-0.25, -0.2) is 0 Å². The second-order valence-electron chi connectivity index (χ2n) is 5.29. The lowest BCUT2D eigenvalue weighted by atomic mass is 10.00. The van der Waals surface area contributed by atoms with Crippen molar-refractivity contribution in [2.75, 3.05) is 7.11 Å². The lowest BCUT2D eigenvalue weighted by Crippen LogP contribution is -1.97. The number of fused-ring (bicyclic) bond motifs is 1. The molecule has 116 valence electrons. The zero-order chi connectivity index (χ0) is 16.9. The minimum absolute atomic E-state index is 0.0711. The lowest BCUT2D eigenvalue weighted by Gasteiger charge is -2.08. The van der Waals surface area contributed by atoms with E-state index in [0.717, 1.165) is 22.1 Å². The fourth-order valence-corrected chi connectivity index (χ4v) is 2.59. The van der Waals surface area contributed by atoms with Crippen molar-refractivity contribution in [1.82, 2.24) is 0 Å². The fraction of sp³-hybridized carbons (Fsp3) is 0.0476. The van der Waals surface area contributed by atoms with Gasteiger partial charge in [-0.15, -0.1) is 0 Å². The molecule has 0 bridgehead atoms. The molecule has 0 aromatic heterocycles. The number of ketones is 1. The summed E-state index contributed by atoms with van der Waals surface area (Å²) < 4.78 is 5.36. The van der Waals surface area contributed by atoms with Gasteiger partial charge in [0.25, 0.3) is 0 Å². The van der Waals surface area contributed by atoms with Crippen LogP contribution >= 0.6 is 0 Å². The molecular formula is C21H15NO2. The van der Waals surface area contributed by atoms with Crippen LogP contribution in [0.5, 0.6) is 5.75 Å². The number of methoxy groups -OCH3 is 1. The van der Waals surface area contributed by atoms with Gasteiger partial charge in [-0.05, 0) is 41.3 Å². The summed E-state index contributed by atoms with van der Waals surface area (Å²) in [6.07, 6.45) is 3.30. The first-order valence-electron chi connectivity index (χ1n) is 7.51. The second kappa shape index (κ2) is 6.80. The Labute approximate surface area is 140 Å². The van der Waals surface area contributed by atoms with E-state index in [0.29, 0.717) is 11.1 Å². The Kier molecular flexibility index (Phi) is 4.40. The van der Waals surface area contributed by atoms with E-state index in [4.69, 9.17) is 10.00 Å². The number of rotatable bonds is 4. The van der Waals surface area contributed by atoms with Gasteiger partial charge in [-0.2, -0.15) is 5.26 Å². The van der Waals surface area contributed by atoms with Gasteiger partial charge in [-0.3, -0.25) is 4.79 Å². The van der Waals surface area contributed by atoms with Crippen LogP contribution in [0.15, 0.2) is 66.7 Å². The van der Waals surface area contributed by atoms with Crippen molar-refractivity contribution in [3.63, 3.8) is 0 Å². The largest absolute Gasteiger partial charge is 0.496 e. The molecule has 0 saturated carbocycles. The maximum Gasteiger partial charge on any atom is 0.186 e. The molecule has 3 nitrogen and oxygen atoms in total. The molecule has 3 rings (SSSR count). The molecule has 0 N–H and O–H groups in total. The maximum atomic E-state index is 12.6. The van der Waals surface area contributed by atoms with E-state index >= 15 is 0 Å². The number of ether oxygens (including phenoxy) is 1. The number of carbonyl (C=O) groups is 1. The normalized spacial score (nSPS) is 10.7. The van der Waals surface area contributed by atoms with Crippen LogP contribution in [0, 0.1) is 11.3 Å². The molecular weight excluding hydrogens is 298 g/mol. The summed E-state index contributed by atoms with van der Waals surface area (Å²) in [5.41, 5.74) is 2.11. The van der Waals surface area contributed by atoms with Gasteiger partial charge in [0.2, 0.25) is 0 Å². The first-order valence-corrected chi connectivity index (χ1v) is 7.51. The Morgan fingerprint density at radius 1 is 1.00 bits per heavy atom. The minimum atomic E-state index is -0.0711. The van der Waals surface area contributed by atoms with Crippen molar-refractivity contribution >= 4 is 22.6 Å². The molecule has 0 radical (unpaired) electrons. The van der Waals surface area contributed by atoms with E-state index in [-0.39, 0.29) is 5.78 Å². The first-order chi connectivity index (χ1) is 11.7. The smallest absolute Gasteiger partial charge is 0.186 e. The number of benzene rings is 3. The highest BCUT2D eigenvalue weighted by Crippen LogP contribution is 2.28. The summed E-state index contributed by atoms with van der Waals surface area (Å²) in [6.45, 7) is 0. The van der Waals surface area contributed by atoms with Gasteiger partial charge in [0, 0.05) is 10.9 Å². The Bertz CT molecular complexity index is 963. The van der Waals surface area contributed by atoms with E-state index in [2.05, 4.69) is 6.07 Å². The number of hydrogen-bond donors (Lipinski definition) is 0. The molecule has 0 spiro atoms. The summed E-state index contributed by atoms with van der Waals surface area (Å²) in [7, 11) is 1.62. The van der Waals surface area contributed by atoms with Crippen molar-refractivity contribution in [3.05, 3.63) is 83.4 Å². The molecule has 24 heavy (non-hydrogen) atoms. The average Bonchev–Trinajstić information content (AvgIpc) is 2.65. The zero-order valence-electron chi connectivity index (χ0n) is 13.2. The Balaban J connectivity index is 1.94. The van der Waals surface area contributed by atoms with Crippen molar-refractivity contribution in [2.24, 2.45) is 0 Å². The van der Waals surface area contributed by atoms with Crippen LogP contribution in [0.3, 0.4) is 0 Å². The van der Waals surface area contributed by atoms with Crippen LogP contribution in [-0.4, -0.2) is 12.9 Å². The highest BCUT2D eigenvalue weighted by Gasteiger charge is 2.10. The number of allylic oxidation sites excluding steroid dienone is 1. The van der Waals surface area contributed by atoms with Crippen LogP contribution in [-0.2, 0) is 0 Å². The molecule has 3 aromatic rings. The van der Waals surface area contributed by atoms with E-state index in [1.54, 1.807) is 37.5 Å². The topological polar surface area (TPSA) is 50.1 Å². The number of nitrogens with zero attached hydrogens (tertiary/aromatic N) is 1. The minimum Gasteiger partial charge on any atom is -0.496 e. The molecule has 0 fully saturated rings. The quantitative estimate of drug-likeness (QED) is 0.522. The summed E-state index contributed by atoms with van der Waals surface area (Å²) in [6, 6.07) is 20.4. The Hall–Kier alpha value is -3.38. The predicted octanol–water partition coefficient (Wildman–Crippen LogP) is 4.62. The maximum absolute atomic E-state index is 12.6. The monoisotopic (exact) mass is 313 g/mol. The molecule has 0 heterocycles. The van der Waals surface area contributed by atoms with Crippen LogP contribution in [0.4, 0.5) is 0 Å². The SMILES string of the molecule is COc1ccc(C(=O)/C=C/c2ccc(C#N)cc2)c2ccccc12. The molecule has 0 aliphatic carbocycles. The number of nitriles is 1. The fourth-order valence-electron chi connectivity index (χ4n) is 2.59. The molecule has 0 aliphatic rings. The third kappa shape index (κ3) is 3.04. The molecule has 3 aromatic carbocycles. The van der Waals surface area contributed by atoms with Gasteiger partial charge in [0.1, 0.15) is 5.75 Å². The molecule has 0 saturated heterocycles. The van der Waals surface area contributed by atoms with Gasteiger partial charge in [-0.1, -0.05) is 42.5 Å². The summed E-state index contributed by atoms with van der Waals surface area (Å²) in [5.74, 6) is 0.677. The summed E-state index contributed by atoms with van der Waals surface area (Å²) in [5, 5.41) is 10.6. The molecule has 0 aliphatic heterocycles. The van der Waals surface area contributed by atoms with Crippen LogP contribution < -0.4 is 4.74 Å². The Morgan fingerprint density at radius 3 is 2.38 bits per heavy atom. The lowest BCUT2D eigenvalue weighted by molar-refractivity contribution is 0.104. The van der Waals surface area contributed by atoms with Crippen LogP contribution in [0.25, 0.3) is 16.8 Å². The molecule has 0 atom stereocenters. The molecule has 3 heteroatoms. The number of hydrogen-bond acceptors (Lipinski definition) is 3. The predicted molar refractivity (Wildman–Crippen MR) is 95.0 cm³/mol. The van der Waals surface area contributed by atoms with E-state index < -0.39 is 0 Å². The highest BCUT2D eigenvalue weighted by atomic mass is 16.5. The van der Waals surface area contributed by atoms with Crippen molar-refractivity contribution < 1.29 is 9.53 Å². The third-order valence-electron chi connectivity index (χ3n) is 3.84. The average molecular weight is 313 g/mol. The summed E-state index contributed by atoms with van der Waals surface area (Å²) in [4.78, 5) is 12.6. The van der Waals surface area contributed by atoms with Gasteiger partial charge >= 0.3 is 0 Å². The van der Waals surface area contributed by atoms with E-state index in [9.17, 15) is 4.79 Å². The van der Waals surface area contributed by atoms with E-state index in [1.165, 1.54) is 0 Å². The third-order valence-corrected chi connectivity index (χ3v) is 3.84. The van der Waals surface area contributed by atoms with E-state index in [1.807, 2.05) is 42.5 Å². The molecule has 0 unspecified atom stereocenters. The van der Waals surface area contributed by atoms with Crippen molar-refractivity contribution in [2.45, 2.75) is 0 Å². The standard InChI is InChI=1S/C21H15NO2/c1-24-21-13-11-18(17-4-2-3-5-19(17)21)20(23)12-10-15-6-8-16(14-22)9-7-15/h2-13H,1H3/b12-10+. The second-order valence-corrected chi connectivity index (χ2v) is 5.29. The Morgan fingerprint density at radius 2 is 1.71 bits per heavy atom. The number of carbonyl (C=O) groups excluding carboxylic acids is 1. The molecule has 0 amide bonds. The van der Waals surface area contributed by atoms with Crippen molar-refractivity contribution in [3.8, 4) is 11.8 Å².